The van der Waals surface area contributed by atoms with Crippen molar-refractivity contribution in [3.05, 3.63) is 99.1 Å². The van der Waals surface area contributed by atoms with E-state index in [-0.39, 0.29) is 27.1 Å². The van der Waals surface area contributed by atoms with Gasteiger partial charge in [0.05, 0.1) is 0 Å². The molecular weight excluding hydrogens is 1430 g/mol. The van der Waals surface area contributed by atoms with Gasteiger partial charge < -0.3 is 15.3 Å². The number of unbranched alkanes of at least 4 members (excludes halogenated alkanes) is 60. The maximum atomic E-state index is 14.2. The molecule has 0 heterocycles. The number of rotatable bonds is 79. The Morgan fingerprint density at radius 2 is 0.398 bits per heavy atom. The summed E-state index contributed by atoms with van der Waals surface area (Å²) >= 11 is 0. The molecule has 0 unspecified atom stereocenters. The van der Waals surface area contributed by atoms with Gasteiger partial charge in [0.15, 0.2) is 0 Å². The van der Waals surface area contributed by atoms with Gasteiger partial charge in [0, 0.05) is 11.0 Å². The van der Waals surface area contributed by atoms with Crippen molar-refractivity contribution in [3.63, 3.8) is 0 Å². The van der Waals surface area contributed by atoms with Crippen molar-refractivity contribution >= 4 is 11.1 Å². The van der Waals surface area contributed by atoms with Crippen molar-refractivity contribution in [2.45, 2.75) is 589 Å². The molecule has 0 saturated heterocycles. The van der Waals surface area contributed by atoms with E-state index in [0.29, 0.717) is 17.2 Å². The quantitative estimate of drug-likeness (QED) is 0.0390. The minimum atomic E-state index is -0.366. The first kappa shape index (κ1) is 109. The Morgan fingerprint density at radius 1 is 0.237 bits per heavy atom. The third-order valence-corrected chi connectivity index (χ3v) is 29.1. The van der Waals surface area contributed by atoms with Gasteiger partial charge in [-0.15, -0.1) is 0 Å². The maximum absolute atomic E-state index is 14.2. The fraction of sp³-hybridized carbons (Fsp3) is 0.809. The molecule has 0 aromatic heterocycles. The summed E-state index contributed by atoms with van der Waals surface area (Å²) < 4.78 is 0. The number of phenolic OH excluding ortho intramolecular Hbond substituents is 3. The van der Waals surface area contributed by atoms with Crippen LogP contribution >= 0.6 is 0 Å². The highest BCUT2D eigenvalue weighted by Crippen LogP contribution is 2.67. The van der Waals surface area contributed by atoms with Crippen LogP contribution in [0.2, 0.25) is 0 Å². The molecule has 0 saturated carbocycles. The normalized spacial score (nSPS) is 12.4. The number of aryl methyl sites for hydroxylation is 3. The average Bonchev–Trinajstić information content (AvgIpc) is 0.705. The van der Waals surface area contributed by atoms with Crippen molar-refractivity contribution in [2.75, 3.05) is 0 Å². The van der Waals surface area contributed by atoms with Gasteiger partial charge in [-0.1, -0.05) is 520 Å². The minimum Gasteiger partial charge on any atom is -0.508 e. The number of aromatic hydroxyl groups is 3. The highest BCUT2D eigenvalue weighted by Gasteiger charge is 2.59. The van der Waals surface area contributed by atoms with Crippen LogP contribution in [0.5, 0.6) is 17.2 Å². The Labute approximate surface area is 738 Å². The molecule has 0 aliphatic rings. The van der Waals surface area contributed by atoms with E-state index >= 15 is 0 Å². The first-order valence-electron chi connectivity index (χ1n) is 52.9. The number of hydrogen-bond donors (Lipinski definition) is 3. The Hall–Kier alpha value is -3.46. The van der Waals surface area contributed by atoms with Crippen LogP contribution in [0.3, 0.4) is 0 Å². The second-order valence-corrected chi connectivity index (χ2v) is 41.5. The highest BCUT2D eigenvalue weighted by atomic mass is 16.3. The first-order chi connectivity index (χ1) is 57.0. The van der Waals surface area contributed by atoms with Gasteiger partial charge in [-0.3, -0.25) is 0 Å². The van der Waals surface area contributed by atoms with Crippen molar-refractivity contribution in [1.29, 1.82) is 0 Å². The number of hydrogen-bond acceptors (Lipinski definition) is 3. The highest BCUT2D eigenvalue weighted by molar-refractivity contribution is 5.93. The lowest BCUT2D eigenvalue weighted by molar-refractivity contribution is -0.0535. The number of allylic oxidation sites excluding steroid dienone is 2. The molecular formula is C115H204O3. The van der Waals surface area contributed by atoms with Crippen LogP contribution in [0.25, 0.3) is 11.1 Å². The summed E-state index contributed by atoms with van der Waals surface area (Å²) in [6, 6.07) is 13.4. The zero-order valence-corrected chi connectivity index (χ0v) is 82.5. The van der Waals surface area contributed by atoms with E-state index in [2.05, 4.69) is 141 Å². The monoisotopic (exact) mass is 1630 g/mol. The molecule has 118 heavy (non-hydrogen) atoms. The lowest BCUT2D eigenvalue weighted by Crippen LogP contribution is -2.56. The van der Waals surface area contributed by atoms with Gasteiger partial charge >= 0.3 is 0 Å². The zero-order valence-electron chi connectivity index (χ0n) is 82.5. The van der Waals surface area contributed by atoms with E-state index in [9.17, 15) is 15.3 Å². The summed E-state index contributed by atoms with van der Waals surface area (Å²) in [4.78, 5) is 0. The third-order valence-electron chi connectivity index (χ3n) is 29.1. The second kappa shape index (κ2) is 66.1. The number of phenols is 3. The molecule has 3 nitrogen and oxygen atoms in total. The molecule has 0 amide bonds. The molecule has 682 valence electrons. The van der Waals surface area contributed by atoms with E-state index in [4.69, 9.17) is 6.58 Å². The van der Waals surface area contributed by atoms with Gasteiger partial charge in [-0.25, -0.2) is 0 Å². The first-order valence-corrected chi connectivity index (χ1v) is 52.9. The lowest BCUT2D eigenvalue weighted by atomic mass is 9.42. The third kappa shape index (κ3) is 43.0. The van der Waals surface area contributed by atoms with Crippen LogP contribution < -0.4 is 0 Å². The summed E-state index contributed by atoms with van der Waals surface area (Å²) in [5.74, 6) is 1.20. The van der Waals surface area contributed by atoms with Gasteiger partial charge in [-0.2, -0.15) is 0 Å². The molecule has 0 aliphatic heterocycles. The van der Waals surface area contributed by atoms with Crippen molar-refractivity contribution in [3.8, 4) is 17.2 Å². The van der Waals surface area contributed by atoms with E-state index in [1.54, 1.807) is 0 Å². The smallest absolute Gasteiger partial charge is 0.119 e. The minimum absolute atomic E-state index is 0.0521. The van der Waals surface area contributed by atoms with Crippen molar-refractivity contribution < 1.29 is 15.3 Å². The van der Waals surface area contributed by atoms with E-state index in [1.165, 1.54) is 468 Å². The van der Waals surface area contributed by atoms with E-state index < -0.39 is 0 Å². The largest absolute Gasteiger partial charge is 0.508 e. The number of benzene rings is 3. The molecule has 3 rings (SSSR count). The van der Waals surface area contributed by atoms with E-state index in [0.717, 1.165) is 55.7 Å². The van der Waals surface area contributed by atoms with Crippen LogP contribution in [-0.4, -0.2) is 15.3 Å². The van der Waals surface area contributed by atoms with Crippen LogP contribution in [0, 0.1) is 31.6 Å². The maximum Gasteiger partial charge on any atom is 0.119 e. The average molecular weight is 1630 g/mol. The van der Waals surface area contributed by atoms with Crippen molar-refractivity contribution in [1.82, 2.24) is 0 Å². The molecule has 0 radical (unpaired) electrons. The summed E-state index contributed by atoms with van der Waals surface area (Å²) in [6.07, 6.45) is 99.5. The zero-order chi connectivity index (χ0) is 86.4. The molecule has 0 spiro atoms. The SMILES string of the molecule is C=C(C=C(c1cc(C(C)(C)C)c(O)cc1C)c1cc(C(C)(C)C)c(O)cc1C)c1cc(C(C)(C(CCCCCCCCCCCCC)(CCCCCCCCCCCCC)CCCCCCCCCCCCC)C(CCCCCCCCCCCCC)(CCCCCCCCCCCCC)CCCCCCCCCCCCC)c(O)cc1C. The Kier molecular flexibility index (Phi) is 60.9. The predicted octanol–water partition coefficient (Wildman–Crippen LogP) is 39.9. The lowest BCUT2D eigenvalue weighted by Gasteiger charge is -2.61. The molecule has 0 aliphatic carbocycles. The van der Waals surface area contributed by atoms with Crippen molar-refractivity contribution in [2.24, 2.45) is 10.8 Å². The second-order valence-electron chi connectivity index (χ2n) is 41.5. The van der Waals surface area contributed by atoms with Gasteiger partial charge in [0.1, 0.15) is 17.2 Å². The fourth-order valence-electron chi connectivity index (χ4n) is 21.3. The predicted molar refractivity (Wildman–Crippen MR) is 531 cm³/mol. The molecule has 3 N–H and O–H groups in total. The van der Waals surface area contributed by atoms with Crippen LogP contribution in [0.1, 0.15) is 602 Å². The van der Waals surface area contributed by atoms with Gasteiger partial charge in [-0.05, 0) is 179 Å². The van der Waals surface area contributed by atoms with Crippen LogP contribution in [-0.2, 0) is 16.2 Å². The van der Waals surface area contributed by atoms with Gasteiger partial charge in [0.25, 0.3) is 0 Å². The Balaban J connectivity index is 2.70. The summed E-state index contributed by atoms with van der Waals surface area (Å²) in [6.45, 7) is 42.2. The Bertz CT molecular complexity index is 2680. The summed E-state index contributed by atoms with van der Waals surface area (Å²) in [5.41, 5.74) is 10.4. The molecule has 3 aromatic rings. The van der Waals surface area contributed by atoms with Gasteiger partial charge in [0.2, 0.25) is 0 Å². The summed E-state index contributed by atoms with van der Waals surface area (Å²) in [7, 11) is 0. The summed E-state index contributed by atoms with van der Waals surface area (Å²) in [5, 5.41) is 37.9. The molecule has 3 heteroatoms. The fourth-order valence-corrected chi connectivity index (χ4v) is 21.3. The van der Waals surface area contributed by atoms with E-state index in [1.807, 2.05) is 12.1 Å². The molecule has 0 bridgehead atoms. The topological polar surface area (TPSA) is 60.7 Å². The molecule has 3 aromatic carbocycles. The van der Waals surface area contributed by atoms with Crippen LogP contribution in [0.4, 0.5) is 0 Å². The Morgan fingerprint density at radius 3 is 0.585 bits per heavy atom. The standard InChI is InChI=1S/C115H204O3/c1-18-24-30-36-42-48-54-60-66-72-78-84-114(85-79-73-67-61-55-49-43-37-31-25-19-2,86-80-74-68-62-56-50-44-38-32-26-20-3)113(17,107-94-101(98(8)91-110(107)118)97(7)90-104(102-95-105(111(11,12)13)108(116)92-99(102)9)103-96-106(112(14,15)16)109(117)93-100(103)10)115(87-81-75-69-63-57-51-45-39-33-27-21-4,88-82-76-70-64-58-52-46-40-34-28-22-5)89-83-77-71-65-59-53-47-41-35-29-23-6/h90-96,116-118H,7,18-89H2,1-6,8-17H3. The molecule has 0 fully saturated rings. The van der Waals surface area contributed by atoms with Crippen LogP contribution in [0.15, 0.2) is 49.1 Å². The molecule has 0 atom stereocenters.